The molecule has 0 aliphatic carbocycles. The maximum absolute atomic E-state index is 4.53. The number of aromatic nitrogens is 4. The summed E-state index contributed by atoms with van der Waals surface area (Å²) in [5.41, 5.74) is 5.37. The van der Waals surface area contributed by atoms with Crippen molar-refractivity contribution in [3.63, 3.8) is 0 Å². The monoisotopic (exact) mass is 267 g/mol. The maximum Gasteiger partial charge on any atom is 0.104 e. The molecule has 0 spiro atoms. The van der Waals surface area contributed by atoms with E-state index in [1.807, 2.05) is 6.92 Å². The van der Waals surface area contributed by atoms with Crippen LogP contribution in [0.25, 0.3) is 11.0 Å². The number of benzene rings is 1. The average Bonchev–Trinajstić information content (AvgIpc) is 3.03. The molecular formula is C15H17N5. The van der Waals surface area contributed by atoms with E-state index in [0.717, 1.165) is 35.5 Å². The van der Waals surface area contributed by atoms with Crippen molar-refractivity contribution < 1.29 is 0 Å². The molecule has 1 atom stereocenters. The van der Waals surface area contributed by atoms with Crippen LogP contribution in [-0.4, -0.2) is 26.5 Å². The Morgan fingerprint density at radius 1 is 1.30 bits per heavy atom. The third-order valence-corrected chi connectivity index (χ3v) is 4.22. The maximum atomic E-state index is 4.53. The number of hydrogen-bond acceptors (Lipinski definition) is 3. The second-order valence-corrected chi connectivity index (χ2v) is 5.59. The van der Waals surface area contributed by atoms with Crippen molar-refractivity contribution >= 4 is 11.0 Å². The van der Waals surface area contributed by atoms with Crippen LogP contribution in [0.1, 0.15) is 29.7 Å². The normalized spacial score (nSPS) is 22.1. The molecule has 20 heavy (non-hydrogen) atoms. The van der Waals surface area contributed by atoms with E-state index in [0.29, 0.717) is 0 Å². The minimum Gasteiger partial charge on any atom is -0.348 e. The molecule has 0 radical (unpaired) electrons. The lowest BCUT2D eigenvalue weighted by Crippen LogP contribution is -2.46. The Bertz CT molecular complexity index is 785. The van der Waals surface area contributed by atoms with E-state index in [1.165, 1.54) is 11.3 Å². The number of rotatable bonds is 1. The molecule has 4 rings (SSSR count). The highest BCUT2D eigenvalue weighted by Gasteiger charge is 2.35. The van der Waals surface area contributed by atoms with Crippen LogP contribution in [0.2, 0.25) is 0 Å². The molecule has 1 aliphatic rings. The zero-order valence-corrected chi connectivity index (χ0v) is 11.6. The zero-order chi connectivity index (χ0) is 13.7. The van der Waals surface area contributed by atoms with E-state index < -0.39 is 0 Å². The molecule has 3 heterocycles. The summed E-state index contributed by atoms with van der Waals surface area (Å²) in [6.45, 7) is 5.12. The lowest BCUT2D eigenvalue weighted by molar-refractivity contribution is 0.404. The van der Waals surface area contributed by atoms with Gasteiger partial charge >= 0.3 is 0 Å². The second kappa shape index (κ2) is 3.93. The summed E-state index contributed by atoms with van der Waals surface area (Å²) >= 11 is 0. The topological polar surface area (TPSA) is 69.4 Å². The fourth-order valence-electron chi connectivity index (χ4n) is 3.15. The fraction of sp³-hybridized carbons (Fsp3) is 0.333. The lowest BCUT2D eigenvalue weighted by Gasteiger charge is -2.34. The molecule has 5 nitrogen and oxygen atoms in total. The second-order valence-electron chi connectivity index (χ2n) is 5.59. The molecule has 3 aromatic rings. The van der Waals surface area contributed by atoms with Crippen LogP contribution >= 0.6 is 0 Å². The Kier molecular flexibility index (Phi) is 2.29. The number of fused-ring (bicyclic) bond motifs is 2. The van der Waals surface area contributed by atoms with E-state index in [9.17, 15) is 0 Å². The van der Waals surface area contributed by atoms with Gasteiger partial charge in [0.25, 0.3) is 0 Å². The molecule has 0 saturated carbocycles. The van der Waals surface area contributed by atoms with Crippen molar-refractivity contribution in [1.82, 2.24) is 25.3 Å². The van der Waals surface area contributed by atoms with Gasteiger partial charge in [-0.15, -0.1) is 0 Å². The molecule has 2 aromatic heterocycles. The number of imidazole rings is 2. The van der Waals surface area contributed by atoms with Crippen molar-refractivity contribution in [2.45, 2.75) is 25.8 Å². The van der Waals surface area contributed by atoms with Gasteiger partial charge in [-0.1, -0.05) is 6.07 Å². The standard InChI is InChI=1S/C15H17N5/c1-9-19-11-4-3-10(7-13(11)20-9)15(2)14-12(5-6-18-15)16-8-17-14/h3-4,7-8,18H,5-6H2,1-2H3,(H,16,17)(H,19,20). The van der Waals surface area contributed by atoms with Gasteiger partial charge in [0.2, 0.25) is 0 Å². The van der Waals surface area contributed by atoms with Crippen LogP contribution in [0.5, 0.6) is 0 Å². The molecule has 0 saturated heterocycles. The van der Waals surface area contributed by atoms with Gasteiger partial charge in [0.1, 0.15) is 5.82 Å². The Hall–Kier alpha value is -2.14. The van der Waals surface area contributed by atoms with E-state index in [2.05, 4.69) is 50.4 Å². The van der Waals surface area contributed by atoms with Gasteiger partial charge in [0.15, 0.2) is 0 Å². The number of nitrogens with zero attached hydrogens (tertiary/aromatic N) is 2. The summed E-state index contributed by atoms with van der Waals surface area (Å²) in [6, 6.07) is 6.38. The smallest absolute Gasteiger partial charge is 0.104 e. The molecule has 0 amide bonds. The van der Waals surface area contributed by atoms with Crippen molar-refractivity contribution in [3.05, 3.63) is 47.3 Å². The summed E-state index contributed by atoms with van der Waals surface area (Å²) < 4.78 is 0. The Labute approximate surface area is 116 Å². The average molecular weight is 267 g/mol. The van der Waals surface area contributed by atoms with Crippen LogP contribution in [-0.2, 0) is 12.0 Å². The minimum absolute atomic E-state index is 0.249. The van der Waals surface area contributed by atoms with Crippen molar-refractivity contribution in [2.24, 2.45) is 0 Å². The number of aromatic amines is 2. The third kappa shape index (κ3) is 1.53. The number of hydrogen-bond donors (Lipinski definition) is 3. The first-order valence-electron chi connectivity index (χ1n) is 6.91. The number of aryl methyl sites for hydroxylation is 1. The highest BCUT2D eigenvalue weighted by atomic mass is 15.1. The predicted octanol–water partition coefficient (Wildman–Crippen LogP) is 2.00. The van der Waals surface area contributed by atoms with Crippen molar-refractivity contribution in [3.8, 4) is 0 Å². The quantitative estimate of drug-likeness (QED) is 0.631. The molecule has 1 unspecified atom stereocenters. The molecule has 1 aliphatic heterocycles. The van der Waals surface area contributed by atoms with Gasteiger partial charge in [-0.25, -0.2) is 9.97 Å². The summed E-state index contributed by atoms with van der Waals surface area (Å²) in [6.07, 6.45) is 2.78. The fourth-order valence-corrected chi connectivity index (χ4v) is 3.15. The van der Waals surface area contributed by atoms with Gasteiger partial charge in [-0.05, 0) is 31.5 Å². The minimum atomic E-state index is -0.249. The van der Waals surface area contributed by atoms with Crippen LogP contribution in [0.4, 0.5) is 0 Å². The van der Waals surface area contributed by atoms with Crippen molar-refractivity contribution in [1.29, 1.82) is 0 Å². The van der Waals surface area contributed by atoms with E-state index in [4.69, 9.17) is 0 Å². The predicted molar refractivity (Wildman–Crippen MR) is 77.6 cm³/mol. The van der Waals surface area contributed by atoms with Crippen LogP contribution in [0, 0.1) is 6.92 Å². The largest absolute Gasteiger partial charge is 0.348 e. The number of H-pyrrole nitrogens is 2. The molecular weight excluding hydrogens is 250 g/mol. The highest BCUT2D eigenvalue weighted by molar-refractivity contribution is 5.76. The Morgan fingerprint density at radius 3 is 3.10 bits per heavy atom. The summed E-state index contributed by atoms with van der Waals surface area (Å²) in [7, 11) is 0. The Morgan fingerprint density at radius 2 is 2.20 bits per heavy atom. The number of nitrogens with one attached hydrogen (secondary N) is 3. The van der Waals surface area contributed by atoms with E-state index in [-0.39, 0.29) is 5.54 Å². The molecule has 5 heteroatoms. The van der Waals surface area contributed by atoms with Crippen molar-refractivity contribution in [2.75, 3.05) is 6.54 Å². The zero-order valence-electron chi connectivity index (χ0n) is 11.6. The van der Waals surface area contributed by atoms with Gasteiger partial charge in [0.05, 0.1) is 28.6 Å². The van der Waals surface area contributed by atoms with Crippen LogP contribution in [0.3, 0.4) is 0 Å². The van der Waals surface area contributed by atoms with Gasteiger partial charge in [-0.2, -0.15) is 0 Å². The van der Waals surface area contributed by atoms with Gasteiger partial charge in [0, 0.05) is 18.7 Å². The molecule has 1 aromatic carbocycles. The third-order valence-electron chi connectivity index (χ3n) is 4.22. The first kappa shape index (κ1) is 11.7. The first-order chi connectivity index (χ1) is 9.67. The summed E-state index contributed by atoms with van der Waals surface area (Å²) in [5, 5.41) is 3.61. The molecule has 3 N–H and O–H groups in total. The van der Waals surface area contributed by atoms with Gasteiger partial charge < -0.3 is 15.3 Å². The summed E-state index contributed by atoms with van der Waals surface area (Å²) in [4.78, 5) is 15.5. The van der Waals surface area contributed by atoms with Gasteiger partial charge in [-0.3, -0.25) is 0 Å². The van der Waals surface area contributed by atoms with Crippen LogP contribution < -0.4 is 5.32 Å². The van der Waals surface area contributed by atoms with Crippen LogP contribution in [0.15, 0.2) is 24.5 Å². The van der Waals surface area contributed by atoms with E-state index >= 15 is 0 Å². The Balaban J connectivity index is 1.90. The SMILES string of the molecule is Cc1nc2ccc(C3(C)NCCc4[nH]cnc43)cc2[nH]1. The lowest BCUT2D eigenvalue weighted by atomic mass is 9.84. The van der Waals surface area contributed by atoms with E-state index in [1.54, 1.807) is 6.33 Å². The molecule has 102 valence electrons. The summed E-state index contributed by atoms with van der Waals surface area (Å²) in [5.74, 6) is 0.944. The first-order valence-corrected chi connectivity index (χ1v) is 6.91. The highest BCUT2D eigenvalue weighted by Crippen LogP contribution is 2.33. The molecule has 0 fully saturated rings. The molecule has 0 bridgehead atoms.